The van der Waals surface area contributed by atoms with Gasteiger partial charge in [0.2, 0.25) is 0 Å². The smallest absolute Gasteiger partial charge is 0.261 e. The fourth-order valence-corrected chi connectivity index (χ4v) is 5.50. The molecule has 20 heavy (non-hydrogen) atoms. The molecule has 1 aliphatic heterocycles. The molecule has 1 fully saturated rings. The van der Waals surface area contributed by atoms with Crippen LogP contribution in [0.5, 0.6) is 0 Å². The number of hydrogen-bond acceptors (Lipinski definition) is 4. The van der Waals surface area contributed by atoms with Crippen molar-refractivity contribution >= 4 is 37.7 Å². The fraction of sp³-hybridized carbons (Fsp3) is 0.250. The summed E-state index contributed by atoms with van der Waals surface area (Å²) in [5.41, 5.74) is 0.985. The maximum Gasteiger partial charge on any atom is 0.261 e. The molecular weight excluding hydrogens is 362 g/mol. The molecule has 2 aromatic rings. The Balaban J connectivity index is 1.95. The lowest BCUT2D eigenvalue weighted by atomic mass is 10.2. The van der Waals surface area contributed by atoms with Crippen molar-refractivity contribution in [2.45, 2.75) is 10.4 Å². The third kappa shape index (κ3) is 2.52. The first-order chi connectivity index (χ1) is 9.59. The summed E-state index contributed by atoms with van der Waals surface area (Å²) < 4.78 is 27.7. The number of hydrogen-bond donors (Lipinski definition) is 1. The first-order valence-corrected chi connectivity index (χ1v) is 9.24. The number of benzene rings is 1. The molecule has 3 rings (SSSR count). The summed E-state index contributed by atoms with van der Waals surface area (Å²) in [7, 11) is -3.52. The number of nitrogens with zero attached hydrogens (tertiary/aromatic N) is 2. The van der Waals surface area contributed by atoms with Gasteiger partial charge in [0, 0.05) is 16.8 Å². The van der Waals surface area contributed by atoms with Gasteiger partial charge in [-0.3, -0.25) is 0 Å². The maximum atomic E-state index is 12.6. The van der Waals surface area contributed by atoms with Gasteiger partial charge < -0.3 is 4.98 Å². The highest BCUT2D eigenvalue weighted by Gasteiger charge is 2.37. The lowest BCUT2D eigenvalue weighted by Crippen LogP contribution is -2.30. The highest BCUT2D eigenvalue weighted by molar-refractivity contribution is 9.10. The van der Waals surface area contributed by atoms with Crippen LogP contribution >= 0.6 is 27.7 Å². The molecule has 0 radical (unpaired) electrons. The van der Waals surface area contributed by atoms with Gasteiger partial charge in [-0.25, -0.2) is 13.4 Å². The molecule has 8 heteroatoms. The van der Waals surface area contributed by atoms with Gasteiger partial charge in [-0.05, 0) is 17.7 Å². The molecule has 5 nitrogen and oxygen atoms in total. The third-order valence-electron chi connectivity index (χ3n) is 3.06. The van der Waals surface area contributed by atoms with Crippen LogP contribution < -0.4 is 0 Å². The van der Waals surface area contributed by atoms with Crippen LogP contribution in [0.2, 0.25) is 0 Å². The highest BCUT2D eigenvalue weighted by Crippen LogP contribution is 2.41. The predicted molar refractivity (Wildman–Crippen MR) is 81.8 cm³/mol. The van der Waals surface area contributed by atoms with Crippen LogP contribution in [0, 0.1) is 0 Å². The number of imidazole rings is 1. The summed E-state index contributed by atoms with van der Waals surface area (Å²) in [4.78, 5) is 6.47. The van der Waals surface area contributed by atoms with Gasteiger partial charge in [0.25, 0.3) is 10.0 Å². The largest absolute Gasteiger partial charge is 0.335 e. The maximum absolute atomic E-state index is 12.6. The van der Waals surface area contributed by atoms with Crippen LogP contribution in [0.15, 0.2) is 46.3 Å². The lowest BCUT2D eigenvalue weighted by Gasteiger charge is -2.22. The van der Waals surface area contributed by atoms with Crippen LogP contribution in [0.1, 0.15) is 10.9 Å². The molecular formula is C12H12BrN3O2S2. The van der Waals surface area contributed by atoms with Crippen molar-refractivity contribution in [2.75, 3.05) is 12.3 Å². The molecule has 0 bridgehead atoms. The third-order valence-corrected chi connectivity index (χ3v) is 6.78. The van der Waals surface area contributed by atoms with Gasteiger partial charge in [-0.1, -0.05) is 28.1 Å². The lowest BCUT2D eigenvalue weighted by molar-refractivity contribution is 0.432. The number of rotatable bonds is 3. The molecule has 1 aromatic heterocycles. The minimum Gasteiger partial charge on any atom is -0.335 e. The van der Waals surface area contributed by atoms with Gasteiger partial charge in [0.05, 0.1) is 17.9 Å². The number of thioether (sulfide) groups is 1. The average Bonchev–Trinajstić information content (AvgIpc) is 3.11. The van der Waals surface area contributed by atoms with Gasteiger partial charge >= 0.3 is 0 Å². The van der Waals surface area contributed by atoms with Crippen molar-refractivity contribution in [3.05, 3.63) is 46.8 Å². The molecule has 1 atom stereocenters. The molecule has 2 heterocycles. The van der Waals surface area contributed by atoms with E-state index in [4.69, 9.17) is 0 Å². The predicted octanol–water partition coefficient (Wildman–Crippen LogP) is 2.61. The summed E-state index contributed by atoms with van der Waals surface area (Å²) >= 11 is 5.02. The molecule has 0 spiro atoms. The van der Waals surface area contributed by atoms with E-state index in [9.17, 15) is 8.42 Å². The van der Waals surface area contributed by atoms with E-state index in [0.717, 1.165) is 15.8 Å². The summed E-state index contributed by atoms with van der Waals surface area (Å²) in [6.07, 6.45) is 2.72. The first-order valence-electron chi connectivity index (χ1n) is 5.96. The Bertz CT molecular complexity index is 686. The molecule has 106 valence electrons. The molecule has 0 saturated carbocycles. The number of aromatic amines is 1. The van der Waals surface area contributed by atoms with Gasteiger partial charge in [0.15, 0.2) is 5.03 Å². The quantitative estimate of drug-likeness (QED) is 0.897. The molecule has 1 aromatic carbocycles. The zero-order chi connectivity index (χ0) is 14.2. The van der Waals surface area contributed by atoms with Crippen molar-refractivity contribution < 1.29 is 8.42 Å². The minimum atomic E-state index is -3.52. The monoisotopic (exact) mass is 373 g/mol. The normalized spacial score (nSPS) is 20.4. The average molecular weight is 374 g/mol. The number of H-pyrrole nitrogens is 1. The SMILES string of the molecule is O=S(=O)(c1cnc[nH]1)N1CCSC1c1ccc(Br)cc1. The fourth-order valence-electron chi connectivity index (χ4n) is 2.10. The molecule has 1 N–H and O–H groups in total. The molecule has 0 amide bonds. The van der Waals surface area contributed by atoms with E-state index in [2.05, 4.69) is 25.9 Å². The summed E-state index contributed by atoms with van der Waals surface area (Å²) in [5.74, 6) is 0.786. The van der Waals surface area contributed by atoms with Crippen molar-refractivity contribution in [1.29, 1.82) is 0 Å². The Morgan fingerprint density at radius 2 is 2.10 bits per heavy atom. The zero-order valence-corrected chi connectivity index (χ0v) is 13.6. The van der Waals surface area contributed by atoms with E-state index < -0.39 is 10.0 Å². The standard InChI is InChI=1S/C12H12BrN3O2S2/c13-10-3-1-9(2-4-10)12-16(5-6-19-12)20(17,18)11-7-14-8-15-11/h1-4,7-8,12H,5-6H2,(H,14,15). The van der Waals surface area contributed by atoms with E-state index in [1.54, 1.807) is 11.8 Å². The topological polar surface area (TPSA) is 66.1 Å². The Kier molecular flexibility index (Phi) is 3.89. The summed E-state index contributed by atoms with van der Waals surface area (Å²) in [5, 5.41) is -0.0430. The summed E-state index contributed by atoms with van der Waals surface area (Å²) in [6, 6.07) is 7.75. The Morgan fingerprint density at radius 1 is 1.35 bits per heavy atom. The Labute approximate surface area is 130 Å². The second-order valence-electron chi connectivity index (χ2n) is 4.31. The minimum absolute atomic E-state index is 0.141. The zero-order valence-electron chi connectivity index (χ0n) is 10.4. The van der Waals surface area contributed by atoms with Gasteiger partial charge in [-0.2, -0.15) is 4.31 Å². The van der Waals surface area contributed by atoms with Gasteiger partial charge in [0.1, 0.15) is 0 Å². The van der Waals surface area contributed by atoms with Crippen LogP contribution in [0.4, 0.5) is 0 Å². The van der Waals surface area contributed by atoms with Gasteiger partial charge in [-0.15, -0.1) is 11.8 Å². The Hall–Kier alpha value is -0.830. The van der Waals surface area contributed by atoms with E-state index in [-0.39, 0.29) is 10.4 Å². The number of halogens is 1. The summed E-state index contributed by atoms with van der Waals surface area (Å²) in [6.45, 7) is 0.507. The second kappa shape index (κ2) is 5.51. The van der Waals surface area contributed by atoms with Crippen LogP contribution in [-0.4, -0.2) is 35.0 Å². The van der Waals surface area contributed by atoms with Crippen LogP contribution in [0.25, 0.3) is 0 Å². The van der Waals surface area contributed by atoms with Crippen molar-refractivity contribution in [3.8, 4) is 0 Å². The van der Waals surface area contributed by atoms with E-state index in [0.29, 0.717) is 6.54 Å². The van der Waals surface area contributed by atoms with Crippen LogP contribution in [-0.2, 0) is 10.0 Å². The molecule has 1 aliphatic rings. The van der Waals surface area contributed by atoms with E-state index >= 15 is 0 Å². The highest BCUT2D eigenvalue weighted by atomic mass is 79.9. The van der Waals surface area contributed by atoms with Crippen LogP contribution in [0.3, 0.4) is 0 Å². The number of aromatic nitrogens is 2. The number of sulfonamides is 1. The second-order valence-corrected chi connectivity index (χ2v) is 8.27. The molecule has 1 unspecified atom stereocenters. The number of nitrogens with one attached hydrogen (secondary N) is 1. The van der Waals surface area contributed by atoms with E-state index in [1.165, 1.54) is 16.8 Å². The molecule has 1 saturated heterocycles. The van der Waals surface area contributed by atoms with Crippen molar-refractivity contribution in [2.24, 2.45) is 0 Å². The van der Waals surface area contributed by atoms with E-state index in [1.807, 2.05) is 24.3 Å². The molecule has 0 aliphatic carbocycles. The van der Waals surface area contributed by atoms with Crippen molar-refractivity contribution in [3.63, 3.8) is 0 Å². The van der Waals surface area contributed by atoms with Crippen molar-refractivity contribution in [1.82, 2.24) is 14.3 Å². The Morgan fingerprint density at radius 3 is 2.75 bits per heavy atom. The first kappa shape index (κ1) is 14.1.